The zero-order valence-electron chi connectivity index (χ0n) is 4.59. The Balaban J connectivity index is 2.92. The molecule has 2 rings (SSSR count). The molecule has 0 bridgehead atoms. The predicted molar refractivity (Wildman–Crippen MR) is 38.4 cm³/mol. The van der Waals surface area contributed by atoms with Gasteiger partial charge in [0.15, 0.2) is 5.95 Å². The van der Waals surface area contributed by atoms with Gasteiger partial charge in [0.25, 0.3) is 0 Å². The average Bonchev–Trinajstić information content (AvgIpc) is 2.22. The van der Waals surface area contributed by atoms with E-state index in [1.54, 1.807) is 11.3 Å². The normalized spacial score (nSPS) is 10.7. The number of nitrogens with one attached hydrogen (secondary N) is 1. The topological polar surface area (TPSA) is 54.7 Å². The molecular formula is C5H5N3S. The molecule has 0 saturated carbocycles. The molecule has 0 atom stereocenters. The molecule has 2 heterocycles. The molecule has 0 spiro atoms. The van der Waals surface area contributed by atoms with E-state index < -0.39 is 0 Å². The van der Waals surface area contributed by atoms with Crippen LogP contribution in [0.5, 0.6) is 0 Å². The van der Waals surface area contributed by atoms with Crippen LogP contribution in [0, 0.1) is 0 Å². The molecule has 0 radical (unpaired) electrons. The summed E-state index contributed by atoms with van der Waals surface area (Å²) >= 11 is 1.62. The number of aromatic nitrogens is 2. The van der Waals surface area contributed by atoms with E-state index in [-0.39, 0.29) is 0 Å². The van der Waals surface area contributed by atoms with Crippen molar-refractivity contribution in [3.63, 3.8) is 0 Å². The van der Waals surface area contributed by atoms with Crippen molar-refractivity contribution in [2.24, 2.45) is 0 Å². The minimum Gasteiger partial charge on any atom is -0.369 e. The number of nitrogens with two attached hydrogens (primary N) is 1. The highest BCUT2D eigenvalue weighted by Crippen LogP contribution is 2.16. The summed E-state index contributed by atoms with van der Waals surface area (Å²) in [5.41, 5.74) is 7.35. The Morgan fingerprint density at radius 1 is 1.56 bits per heavy atom. The Bertz CT molecular complexity index is 293. The van der Waals surface area contributed by atoms with Crippen molar-refractivity contribution in [2.75, 3.05) is 5.73 Å². The fourth-order valence-electron chi connectivity index (χ4n) is 0.766. The molecule has 0 fully saturated rings. The number of rotatable bonds is 0. The second-order valence-corrected chi connectivity index (χ2v) is 2.54. The molecule has 3 nitrogen and oxygen atoms in total. The van der Waals surface area contributed by atoms with Gasteiger partial charge in [0.2, 0.25) is 0 Å². The highest BCUT2D eigenvalue weighted by molar-refractivity contribution is 7.09. The van der Waals surface area contributed by atoms with E-state index in [0.29, 0.717) is 5.95 Å². The molecule has 0 aliphatic heterocycles. The summed E-state index contributed by atoms with van der Waals surface area (Å²) in [5.74, 6) is 0.493. The van der Waals surface area contributed by atoms with Crippen LogP contribution in [0.1, 0.15) is 0 Å². The molecule has 0 unspecified atom stereocenters. The third kappa shape index (κ3) is 0.598. The molecule has 2 aromatic rings. The SMILES string of the molecule is Nc1nc2cscc2[nH]1. The number of nitrogen functional groups attached to an aromatic ring is 1. The lowest BCUT2D eigenvalue weighted by atomic mass is 10.5. The van der Waals surface area contributed by atoms with Gasteiger partial charge in [-0.25, -0.2) is 4.98 Å². The molecular weight excluding hydrogens is 134 g/mol. The largest absolute Gasteiger partial charge is 0.369 e. The molecule has 0 aromatic carbocycles. The first kappa shape index (κ1) is 4.81. The van der Waals surface area contributed by atoms with Gasteiger partial charge >= 0.3 is 0 Å². The van der Waals surface area contributed by atoms with Crippen molar-refractivity contribution in [2.45, 2.75) is 0 Å². The number of thiophene rings is 1. The van der Waals surface area contributed by atoms with Crippen LogP contribution >= 0.6 is 11.3 Å². The van der Waals surface area contributed by atoms with Gasteiger partial charge in [0.05, 0.1) is 5.52 Å². The van der Waals surface area contributed by atoms with Crippen molar-refractivity contribution in [3.8, 4) is 0 Å². The zero-order valence-corrected chi connectivity index (χ0v) is 5.40. The third-order valence-electron chi connectivity index (χ3n) is 1.15. The quantitative estimate of drug-likeness (QED) is 0.576. The van der Waals surface area contributed by atoms with Gasteiger partial charge in [-0.15, -0.1) is 11.3 Å². The number of hydrogen-bond acceptors (Lipinski definition) is 3. The Kier molecular flexibility index (Phi) is 0.790. The van der Waals surface area contributed by atoms with Crippen LogP contribution in [0.4, 0.5) is 5.95 Å². The summed E-state index contributed by atoms with van der Waals surface area (Å²) in [6.45, 7) is 0. The fraction of sp³-hybridized carbons (Fsp3) is 0. The average molecular weight is 139 g/mol. The number of fused-ring (bicyclic) bond motifs is 1. The second-order valence-electron chi connectivity index (χ2n) is 1.79. The first-order valence-electron chi connectivity index (χ1n) is 2.53. The minimum absolute atomic E-state index is 0.493. The lowest BCUT2D eigenvalue weighted by molar-refractivity contribution is 1.35. The maximum Gasteiger partial charge on any atom is 0.198 e. The summed E-state index contributed by atoms with van der Waals surface area (Å²) in [5, 5.41) is 3.95. The Labute approximate surface area is 55.5 Å². The number of anilines is 1. The van der Waals surface area contributed by atoms with E-state index >= 15 is 0 Å². The van der Waals surface area contributed by atoms with Gasteiger partial charge in [-0.1, -0.05) is 0 Å². The van der Waals surface area contributed by atoms with Crippen LogP contribution in [0.3, 0.4) is 0 Å². The Morgan fingerprint density at radius 3 is 3.22 bits per heavy atom. The highest BCUT2D eigenvalue weighted by atomic mass is 32.1. The van der Waals surface area contributed by atoms with Crippen molar-refractivity contribution in [1.29, 1.82) is 0 Å². The molecule has 4 heteroatoms. The van der Waals surface area contributed by atoms with Crippen LogP contribution in [0.25, 0.3) is 11.0 Å². The lowest BCUT2D eigenvalue weighted by Crippen LogP contribution is -1.84. The van der Waals surface area contributed by atoms with Crippen LogP contribution in [-0.2, 0) is 0 Å². The van der Waals surface area contributed by atoms with Gasteiger partial charge in [0, 0.05) is 10.8 Å². The van der Waals surface area contributed by atoms with E-state index in [0.717, 1.165) is 11.0 Å². The monoisotopic (exact) mass is 139 g/mol. The molecule has 46 valence electrons. The standard InChI is InChI=1S/C5H5N3S/c6-5-7-3-1-9-2-4(3)8-5/h1-2H,(H3,6,7,8). The third-order valence-corrected chi connectivity index (χ3v) is 1.88. The van der Waals surface area contributed by atoms with Gasteiger partial charge in [-0.05, 0) is 0 Å². The summed E-state index contributed by atoms with van der Waals surface area (Å²) in [7, 11) is 0. The van der Waals surface area contributed by atoms with E-state index in [1.165, 1.54) is 0 Å². The summed E-state index contributed by atoms with van der Waals surface area (Å²) in [6, 6.07) is 0. The van der Waals surface area contributed by atoms with Crippen LogP contribution in [0.15, 0.2) is 10.8 Å². The summed E-state index contributed by atoms with van der Waals surface area (Å²) in [4.78, 5) is 6.92. The van der Waals surface area contributed by atoms with E-state index in [4.69, 9.17) is 5.73 Å². The molecule has 0 saturated heterocycles. The number of hydrogen-bond donors (Lipinski definition) is 2. The first-order chi connectivity index (χ1) is 4.36. The summed E-state index contributed by atoms with van der Waals surface area (Å²) < 4.78 is 0. The van der Waals surface area contributed by atoms with Crippen molar-refractivity contribution >= 4 is 28.3 Å². The number of H-pyrrole nitrogens is 1. The number of nitrogens with zero attached hydrogens (tertiary/aromatic N) is 1. The van der Waals surface area contributed by atoms with Gasteiger partial charge in [-0.3, -0.25) is 0 Å². The molecule has 0 aliphatic carbocycles. The number of imidazole rings is 1. The second kappa shape index (κ2) is 1.48. The Hall–Kier alpha value is -1.03. The van der Waals surface area contributed by atoms with E-state index in [2.05, 4.69) is 9.97 Å². The highest BCUT2D eigenvalue weighted by Gasteiger charge is 1.96. The fourth-order valence-corrected chi connectivity index (χ4v) is 1.46. The lowest BCUT2D eigenvalue weighted by Gasteiger charge is -1.73. The van der Waals surface area contributed by atoms with Crippen LogP contribution in [0.2, 0.25) is 0 Å². The Morgan fingerprint density at radius 2 is 2.44 bits per heavy atom. The van der Waals surface area contributed by atoms with E-state index in [1.807, 2.05) is 10.8 Å². The smallest absolute Gasteiger partial charge is 0.198 e. The van der Waals surface area contributed by atoms with Crippen molar-refractivity contribution < 1.29 is 0 Å². The number of aromatic amines is 1. The summed E-state index contributed by atoms with van der Waals surface area (Å²) in [6.07, 6.45) is 0. The molecule has 2 aromatic heterocycles. The molecule has 3 N–H and O–H groups in total. The molecule has 9 heavy (non-hydrogen) atoms. The predicted octanol–water partition coefficient (Wildman–Crippen LogP) is 1.21. The van der Waals surface area contributed by atoms with Crippen LogP contribution in [-0.4, -0.2) is 9.97 Å². The first-order valence-corrected chi connectivity index (χ1v) is 3.48. The van der Waals surface area contributed by atoms with E-state index in [9.17, 15) is 0 Å². The maximum atomic E-state index is 5.37. The van der Waals surface area contributed by atoms with Gasteiger partial charge < -0.3 is 10.7 Å². The van der Waals surface area contributed by atoms with Gasteiger partial charge in [0.1, 0.15) is 5.52 Å². The molecule has 0 aliphatic rings. The maximum absolute atomic E-state index is 5.37. The van der Waals surface area contributed by atoms with Crippen molar-refractivity contribution in [3.05, 3.63) is 10.8 Å². The van der Waals surface area contributed by atoms with Crippen molar-refractivity contribution in [1.82, 2.24) is 9.97 Å². The molecule has 0 amide bonds. The zero-order chi connectivity index (χ0) is 6.27. The van der Waals surface area contributed by atoms with Gasteiger partial charge in [-0.2, -0.15) is 0 Å². The van der Waals surface area contributed by atoms with Crippen LogP contribution < -0.4 is 5.73 Å². The minimum atomic E-state index is 0.493.